The van der Waals surface area contributed by atoms with Gasteiger partial charge in [0.05, 0.1) is 11.7 Å². The average Bonchev–Trinajstić information content (AvgIpc) is 2.49. The van der Waals surface area contributed by atoms with Crippen LogP contribution in [-0.4, -0.2) is 39.2 Å². The lowest BCUT2D eigenvalue weighted by atomic mass is 9.93. The van der Waals surface area contributed by atoms with Gasteiger partial charge in [0.25, 0.3) is 5.91 Å². The number of amides is 1. The molecule has 0 aliphatic heterocycles. The molecule has 7 heteroatoms. The van der Waals surface area contributed by atoms with E-state index in [2.05, 4.69) is 34.4 Å². The van der Waals surface area contributed by atoms with Gasteiger partial charge >= 0.3 is 0 Å². The van der Waals surface area contributed by atoms with Crippen LogP contribution in [0.25, 0.3) is 0 Å². The van der Waals surface area contributed by atoms with Crippen molar-refractivity contribution in [2.24, 2.45) is 11.7 Å². The number of nitrogens with zero attached hydrogens (tertiary/aromatic N) is 2. The van der Waals surface area contributed by atoms with Crippen molar-refractivity contribution in [1.82, 2.24) is 9.97 Å². The fraction of sp³-hybridized carbons (Fsp3) is 0.688. The van der Waals surface area contributed by atoms with E-state index in [1.165, 1.54) is 6.20 Å². The van der Waals surface area contributed by atoms with Gasteiger partial charge in [-0.2, -0.15) is 4.98 Å². The highest BCUT2D eigenvalue weighted by molar-refractivity contribution is 5.97. The molecule has 0 aromatic carbocycles. The molecule has 23 heavy (non-hydrogen) atoms. The van der Waals surface area contributed by atoms with Crippen LogP contribution < -0.4 is 16.4 Å². The van der Waals surface area contributed by atoms with Crippen LogP contribution in [0.1, 0.15) is 56.8 Å². The number of aromatic nitrogens is 2. The quantitative estimate of drug-likeness (QED) is 0.635. The molecule has 0 radical (unpaired) electrons. The minimum absolute atomic E-state index is 0.153. The molecule has 128 valence electrons. The number of carbonyl (C=O) groups is 1. The molecule has 1 saturated carbocycles. The monoisotopic (exact) mass is 321 g/mol. The highest BCUT2D eigenvalue weighted by atomic mass is 16.3. The number of hydrogen-bond donors (Lipinski definition) is 4. The zero-order valence-corrected chi connectivity index (χ0v) is 14.0. The molecule has 7 nitrogen and oxygen atoms in total. The second-order valence-corrected chi connectivity index (χ2v) is 6.65. The molecule has 1 fully saturated rings. The lowest BCUT2D eigenvalue weighted by molar-refractivity contribution is 0.1000. The second-order valence-electron chi connectivity index (χ2n) is 6.65. The van der Waals surface area contributed by atoms with Gasteiger partial charge in [0.15, 0.2) is 0 Å². The van der Waals surface area contributed by atoms with Crippen molar-refractivity contribution in [3.8, 4) is 0 Å². The Morgan fingerprint density at radius 1 is 1.30 bits per heavy atom. The maximum absolute atomic E-state index is 11.6. The Kier molecular flexibility index (Phi) is 5.76. The zero-order valence-electron chi connectivity index (χ0n) is 14.0. The minimum atomic E-state index is -0.546. The van der Waals surface area contributed by atoms with Crippen molar-refractivity contribution >= 4 is 17.7 Å². The first-order chi connectivity index (χ1) is 10.9. The molecular weight excluding hydrogens is 294 g/mol. The van der Waals surface area contributed by atoms with E-state index in [4.69, 9.17) is 5.73 Å². The van der Waals surface area contributed by atoms with E-state index >= 15 is 0 Å². The summed E-state index contributed by atoms with van der Waals surface area (Å²) in [6.45, 7) is 6.22. The fourth-order valence-electron chi connectivity index (χ4n) is 2.53. The highest BCUT2D eigenvalue weighted by Gasteiger charge is 2.21. The van der Waals surface area contributed by atoms with Crippen LogP contribution >= 0.6 is 0 Å². The second kappa shape index (κ2) is 7.59. The molecule has 2 rings (SSSR count). The van der Waals surface area contributed by atoms with Crippen LogP contribution in [0.2, 0.25) is 0 Å². The van der Waals surface area contributed by atoms with E-state index in [1.807, 2.05) is 6.92 Å². The number of hydrogen-bond acceptors (Lipinski definition) is 6. The Hall–Kier alpha value is -1.89. The zero-order chi connectivity index (χ0) is 17.0. The Morgan fingerprint density at radius 2 is 1.96 bits per heavy atom. The van der Waals surface area contributed by atoms with E-state index in [0.717, 1.165) is 25.7 Å². The Balaban J connectivity index is 2.13. The summed E-state index contributed by atoms with van der Waals surface area (Å²) in [4.78, 5) is 20.2. The number of rotatable bonds is 6. The lowest BCUT2D eigenvalue weighted by Gasteiger charge is -2.26. The van der Waals surface area contributed by atoms with Gasteiger partial charge in [0.1, 0.15) is 5.82 Å². The standard InChI is InChI=1S/C16H27N5O2/c1-9(2)10(3)19-15-13(14(17)23)8-18-16(21-15)20-11-4-6-12(22)7-5-11/h8-12,22H,4-7H2,1-3H3,(H2,17,23)(H2,18,19,20,21)/t10-,11?,12?/m1/s1. The summed E-state index contributed by atoms with van der Waals surface area (Å²) < 4.78 is 0. The Labute approximate surface area is 137 Å². The fourth-order valence-corrected chi connectivity index (χ4v) is 2.53. The molecule has 1 heterocycles. The summed E-state index contributed by atoms with van der Waals surface area (Å²) in [6, 6.07) is 0.397. The summed E-state index contributed by atoms with van der Waals surface area (Å²) in [7, 11) is 0. The van der Waals surface area contributed by atoms with Crippen LogP contribution in [-0.2, 0) is 0 Å². The maximum Gasteiger partial charge on any atom is 0.254 e. The number of nitrogens with one attached hydrogen (secondary N) is 2. The number of carbonyl (C=O) groups excluding carboxylic acids is 1. The lowest BCUT2D eigenvalue weighted by Crippen LogP contribution is -2.30. The van der Waals surface area contributed by atoms with Crippen molar-refractivity contribution in [3.05, 3.63) is 11.8 Å². The van der Waals surface area contributed by atoms with Gasteiger partial charge in [0.2, 0.25) is 5.95 Å². The molecule has 1 aromatic rings. The SMILES string of the molecule is CC(C)[C@@H](C)Nc1nc(NC2CCC(O)CC2)ncc1C(N)=O. The number of nitrogens with two attached hydrogens (primary N) is 1. The van der Waals surface area contributed by atoms with Crippen molar-refractivity contribution in [3.63, 3.8) is 0 Å². The number of anilines is 2. The van der Waals surface area contributed by atoms with Gasteiger partial charge in [0, 0.05) is 18.3 Å². The van der Waals surface area contributed by atoms with Crippen LogP contribution in [0.15, 0.2) is 6.20 Å². The minimum Gasteiger partial charge on any atom is -0.393 e. The third kappa shape index (κ3) is 4.79. The number of primary amides is 1. The topological polar surface area (TPSA) is 113 Å². The van der Waals surface area contributed by atoms with Crippen LogP contribution in [0.3, 0.4) is 0 Å². The molecule has 0 bridgehead atoms. The van der Waals surface area contributed by atoms with Crippen LogP contribution in [0, 0.1) is 5.92 Å². The summed E-state index contributed by atoms with van der Waals surface area (Å²) in [5, 5.41) is 16.1. The van der Waals surface area contributed by atoms with Gasteiger partial charge in [-0.15, -0.1) is 0 Å². The van der Waals surface area contributed by atoms with Crippen LogP contribution in [0.5, 0.6) is 0 Å². The molecule has 5 N–H and O–H groups in total. The van der Waals surface area contributed by atoms with Crippen molar-refractivity contribution in [2.45, 2.75) is 64.6 Å². The first-order valence-corrected chi connectivity index (χ1v) is 8.24. The molecule has 1 aliphatic carbocycles. The average molecular weight is 321 g/mol. The first kappa shape index (κ1) is 17.5. The molecule has 1 aromatic heterocycles. The molecule has 0 unspecified atom stereocenters. The largest absolute Gasteiger partial charge is 0.393 e. The van der Waals surface area contributed by atoms with Crippen molar-refractivity contribution in [2.75, 3.05) is 10.6 Å². The van der Waals surface area contributed by atoms with Gasteiger partial charge in [-0.05, 0) is 38.5 Å². The van der Waals surface area contributed by atoms with Gasteiger partial charge in [-0.1, -0.05) is 13.8 Å². The molecule has 0 spiro atoms. The van der Waals surface area contributed by atoms with E-state index in [-0.39, 0.29) is 18.2 Å². The normalized spacial score (nSPS) is 22.7. The molecule has 0 saturated heterocycles. The Bertz CT molecular complexity index is 541. The first-order valence-electron chi connectivity index (χ1n) is 8.24. The molecular formula is C16H27N5O2. The van der Waals surface area contributed by atoms with E-state index in [9.17, 15) is 9.90 Å². The van der Waals surface area contributed by atoms with Gasteiger partial charge in [-0.25, -0.2) is 4.98 Å². The smallest absolute Gasteiger partial charge is 0.254 e. The van der Waals surface area contributed by atoms with E-state index in [0.29, 0.717) is 23.2 Å². The number of aliphatic hydroxyl groups is 1. The van der Waals surface area contributed by atoms with E-state index in [1.54, 1.807) is 0 Å². The van der Waals surface area contributed by atoms with Gasteiger partial charge in [-0.3, -0.25) is 4.79 Å². The third-order valence-corrected chi connectivity index (χ3v) is 4.45. The van der Waals surface area contributed by atoms with Gasteiger partial charge < -0.3 is 21.5 Å². The van der Waals surface area contributed by atoms with Crippen LogP contribution in [0.4, 0.5) is 11.8 Å². The summed E-state index contributed by atoms with van der Waals surface area (Å²) in [5.41, 5.74) is 5.70. The van der Waals surface area contributed by atoms with Crippen molar-refractivity contribution in [1.29, 1.82) is 0 Å². The maximum atomic E-state index is 11.6. The number of aliphatic hydroxyl groups excluding tert-OH is 1. The summed E-state index contributed by atoms with van der Waals surface area (Å²) in [5.74, 6) is 0.791. The summed E-state index contributed by atoms with van der Waals surface area (Å²) in [6.07, 6.45) is 4.60. The van der Waals surface area contributed by atoms with Crippen molar-refractivity contribution < 1.29 is 9.90 Å². The highest BCUT2D eigenvalue weighted by Crippen LogP contribution is 2.22. The Morgan fingerprint density at radius 3 is 2.52 bits per heavy atom. The predicted octanol–water partition coefficient (Wildman–Crippen LogP) is 1.75. The third-order valence-electron chi connectivity index (χ3n) is 4.45. The molecule has 1 atom stereocenters. The van der Waals surface area contributed by atoms with E-state index < -0.39 is 5.91 Å². The molecule has 1 amide bonds. The molecule has 1 aliphatic rings. The summed E-state index contributed by atoms with van der Waals surface area (Å²) >= 11 is 0. The predicted molar refractivity (Wildman–Crippen MR) is 90.4 cm³/mol.